The van der Waals surface area contributed by atoms with E-state index in [2.05, 4.69) is 10.2 Å². The molecule has 0 radical (unpaired) electrons. The molecule has 3 aliphatic heterocycles. The van der Waals surface area contributed by atoms with E-state index < -0.39 is 6.04 Å². The van der Waals surface area contributed by atoms with E-state index >= 15 is 0 Å². The monoisotopic (exact) mass is 359 g/mol. The van der Waals surface area contributed by atoms with Gasteiger partial charge in [0, 0.05) is 55.7 Å². The van der Waals surface area contributed by atoms with Crippen molar-refractivity contribution < 1.29 is 9.59 Å². The average Bonchev–Trinajstić information content (AvgIpc) is 2.68. The number of likely N-dealkylation sites (tertiary alicyclic amines) is 1. The lowest BCUT2D eigenvalue weighted by Gasteiger charge is -2.41. The zero-order chi connectivity index (χ0) is 17.2. The van der Waals surface area contributed by atoms with Gasteiger partial charge in [0.1, 0.15) is 6.04 Å². The van der Waals surface area contributed by atoms with Crippen molar-refractivity contribution in [3.05, 3.63) is 35.4 Å². The van der Waals surface area contributed by atoms with Gasteiger partial charge in [-0.2, -0.15) is 11.8 Å². The number of amides is 2. The highest BCUT2D eigenvalue weighted by Crippen LogP contribution is 2.23. The molecule has 0 saturated carbocycles. The molecule has 25 heavy (non-hydrogen) atoms. The molecule has 2 amide bonds. The normalized spacial score (nSPS) is 25.4. The molecule has 0 spiro atoms. The number of hydrogen-bond acceptors (Lipinski definition) is 4. The van der Waals surface area contributed by atoms with Gasteiger partial charge in [-0.3, -0.25) is 14.5 Å². The molecule has 1 aromatic carbocycles. The summed E-state index contributed by atoms with van der Waals surface area (Å²) < 4.78 is 0. The van der Waals surface area contributed by atoms with Crippen LogP contribution in [0.2, 0.25) is 0 Å². The maximum atomic E-state index is 12.9. The minimum absolute atomic E-state index is 0.0792. The van der Waals surface area contributed by atoms with Gasteiger partial charge in [0.05, 0.1) is 0 Å². The van der Waals surface area contributed by atoms with Gasteiger partial charge in [0.25, 0.3) is 5.91 Å². The Hall–Kier alpha value is -1.53. The van der Waals surface area contributed by atoms with Gasteiger partial charge in [-0.15, -0.1) is 0 Å². The highest BCUT2D eigenvalue weighted by Gasteiger charge is 2.34. The summed E-state index contributed by atoms with van der Waals surface area (Å²) in [5.74, 6) is 2.41. The van der Waals surface area contributed by atoms with E-state index in [0.717, 1.165) is 31.5 Å². The first-order valence-electron chi connectivity index (χ1n) is 9.22. The number of carbonyl (C=O) groups excluding carboxylic acids is 2. The van der Waals surface area contributed by atoms with Crippen molar-refractivity contribution in [3.8, 4) is 0 Å². The summed E-state index contributed by atoms with van der Waals surface area (Å²) in [4.78, 5) is 29.7. The van der Waals surface area contributed by atoms with E-state index in [1.54, 1.807) is 0 Å². The molecule has 0 aromatic heterocycles. The SMILES string of the molecule is O=C1NC(C(=O)N2CCC(N3CCSCC3)CC2)Cc2ccccc21. The Kier molecular flexibility index (Phi) is 4.99. The molecule has 2 saturated heterocycles. The van der Waals surface area contributed by atoms with Crippen LogP contribution in [0.1, 0.15) is 28.8 Å². The Morgan fingerprint density at radius 2 is 1.80 bits per heavy atom. The second-order valence-corrected chi connectivity index (χ2v) is 8.32. The number of piperidine rings is 1. The van der Waals surface area contributed by atoms with Gasteiger partial charge < -0.3 is 10.2 Å². The lowest BCUT2D eigenvalue weighted by molar-refractivity contribution is -0.134. The van der Waals surface area contributed by atoms with Crippen molar-refractivity contribution in [2.75, 3.05) is 37.7 Å². The zero-order valence-corrected chi connectivity index (χ0v) is 15.3. The van der Waals surface area contributed by atoms with Crippen molar-refractivity contribution in [2.45, 2.75) is 31.3 Å². The Labute approximate surface area is 153 Å². The fourth-order valence-corrected chi connectivity index (χ4v) is 5.12. The quantitative estimate of drug-likeness (QED) is 0.867. The van der Waals surface area contributed by atoms with Gasteiger partial charge >= 0.3 is 0 Å². The van der Waals surface area contributed by atoms with Crippen molar-refractivity contribution in [1.82, 2.24) is 15.1 Å². The fourth-order valence-electron chi connectivity index (χ4n) is 4.19. The molecule has 4 rings (SSSR count). The summed E-state index contributed by atoms with van der Waals surface area (Å²) in [5, 5.41) is 2.90. The predicted molar refractivity (Wildman–Crippen MR) is 99.9 cm³/mol. The summed E-state index contributed by atoms with van der Waals surface area (Å²) in [5.41, 5.74) is 1.68. The highest BCUT2D eigenvalue weighted by molar-refractivity contribution is 7.99. The third-order valence-corrected chi connectivity index (χ3v) is 6.57. The van der Waals surface area contributed by atoms with Crippen LogP contribution < -0.4 is 5.32 Å². The first-order chi connectivity index (χ1) is 12.2. The summed E-state index contributed by atoms with van der Waals surface area (Å²) in [6.45, 7) is 3.97. The molecule has 5 nitrogen and oxygen atoms in total. The van der Waals surface area contributed by atoms with E-state index in [-0.39, 0.29) is 11.8 Å². The Balaban J connectivity index is 1.36. The molecule has 0 aliphatic carbocycles. The molecular formula is C19H25N3O2S. The van der Waals surface area contributed by atoms with Crippen molar-refractivity contribution in [1.29, 1.82) is 0 Å². The fraction of sp³-hybridized carbons (Fsp3) is 0.579. The Morgan fingerprint density at radius 3 is 2.56 bits per heavy atom. The number of carbonyl (C=O) groups is 2. The first-order valence-corrected chi connectivity index (χ1v) is 10.4. The lowest BCUT2D eigenvalue weighted by Crippen LogP contribution is -2.55. The van der Waals surface area contributed by atoms with Gasteiger partial charge in [0.15, 0.2) is 0 Å². The lowest BCUT2D eigenvalue weighted by atomic mass is 9.94. The maximum absolute atomic E-state index is 12.9. The third-order valence-electron chi connectivity index (χ3n) is 5.63. The average molecular weight is 359 g/mol. The summed E-state index contributed by atoms with van der Waals surface area (Å²) in [7, 11) is 0. The number of nitrogens with one attached hydrogen (secondary N) is 1. The van der Waals surface area contributed by atoms with Crippen LogP contribution in [0.4, 0.5) is 0 Å². The van der Waals surface area contributed by atoms with Crippen LogP contribution in [-0.2, 0) is 11.2 Å². The minimum atomic E-state index is -0.412. The molecule has 3 heterocycles. The van der Waals surface area contributed by atoms with Gasteiger partial charge in [-0.25, -0.2) is 0 Å². The molecule has 134 valence electrons. The van der Waals surface area contributed by atoms with Crippen molar-refractivity contribution in [2.24, 2.45) is 0 Å². The van der Waals surface area contributed by atoms with Crippen LogP contribution in [0.15, 0.2) is 24.3 Å². The molecule has 1 aromatic rings. The summed E-state index contributed by atoms with van der Waals surface area (Å²) >= 11 is 2.04. The number of nitrogens with zero attached hydrogens (tertiary/aromatic N) is 2. The largest absolute Gasteiger partial charge is 0.341 e. The van der Waals surface area contributed by atoms with E-state index in [0.29, 0.717) is 18.0 Å². The molecule has 6 heteroatoms. The van der Waals surface area contributed by atoms with Crippen LogP contribution in [0, 0.1) is 0 Å². The van der Waals surface area contributed by atoms with Gasteiger partial charge in [0.2, 0.25) is 5.91 Å². The molecule has 3 aliphatic rings. The van der Waals surface area contributed by atoms with Crippen LogP contribution in [0.3, 0.4) is 0 Å². The zero-order valence-electron chi connectivity index (χ0n) is 14.4. The van der Waals surface area contributed by atoms with Crippen molar-refractivity contribution in [3.63, 3.8) is 0 Å². The number of rotatable bonds is 2. The summed E-state index contributed by atoms with van der Waals surface area (Å²) in [6.07, 6.45) is 2.70. The molecule has 1 N–H and O–H groups in total. The van der Waals surface area contributed by atoms with E-state index in [9.17, 15) is 9.59 Å². The molecule has 1 unspecified atom stereocenters. The van der Waals surface area contributed by atoms with E-state index in [1.165, 1.54) is 24.6 Å². The number of thioether (sulfide) groups is 1. The second kappa shape index (κ2) is 7.38. The Bertz CT molecular complexity index is 652. The minimum Gasteiger partial charge on any atom is -0.341 e. The third kappa shape index (κ3) is 3.55. The number of benzene rings is 1. The van der Waals surface area contributed by atoms with Crippen LogP contribution in [0.5, 0.6) is 0 Å². The number of hydrogen-bond donors (Lipinski definition) is 1. The van der Waals surface area contributed by atoms with Gasteiger partial charge in [-0.1, -0.05) is 18.2 Å². The molecular weight excluding hydrogens is 334 g/mol. The molecule has 0 bridgehead atoms. The smallest absolute Gasteiger partial charge is 0.252 e. The van der Waals surface area contributed by atoms with E-state index in [4.69, 9.17) is 0 Å². The molecule has 1 atom stereocenters. The molecule has 2 fully saturated rings. The standard InChI is InChI=1S/C19H25N3O2S/c23-18-16-4-2-1-3-14(16)13-17(20-18)19(24)22-7-5-15(6-8-22)21-9-11-25-12-10-21/h1-4,15,17H,5-13H2,(H,20,23). The van der Waals surface area contributed by atoms with Crippen LogP contribution >= 0.6 is 11.8 Å². The van der Waals surface area contributed by atoms with Crippen molar-refractivity contribution >= 4 is 23.6 Å². The van der Waals surface area contributed by atoms with E-state index in [1.807, 2.05) is 40.9 Å². The second-order valence-electron chi connectivity index (χ2n) is 7.09. The van der Waals surface area contributed by atoms with Crippen LogP contribution in [0.25, 0.3) is 0 Å². The Morgan fingerprint density at radius 1 is 1.08 bits per heavy atom. The topological polar surface area (TPSA) is 52.7 Å². The van der Waals surface area contributed by atoms with Crippen LogP contribution in [-0.4, -0.2) is 71.4 Å². The van der Waals surface area contributed by atoms with Gasteiger partial charge in [-0.05, 0) is 24.5 Å². The first kappa shape index (κ1) is 16.9. The summed E-state index contributed by atoms with van der Waals surface area (Å²) in [6, 6.07) is 7.78. The number of fused-ring (bicyclic) bond motifs is 1. The maximum Gasteiger partial charge on any atom is 0.252 e. The highest BCUT2D eigenvalue weighted by atomic mass is 32.2. The predicted octanol–water partition coefficient (Wildman–Crippen LogP) is 1.38.